The number of hydrogen-bond donors (Lipinski definition) is 0. The molecule has 156 valence electrons. The van der Waals surface area contributed by atoms with E-state index in [0.717, 1.165) is 54.0 Å². The zero-order valence-electron chi connectivity index (χ0n) is 17.0. The first-order valence-electron chi connectivity index (χ1n) is 10.1. The van der Waals surface area contributed by atoms with Crippen molar-refractivity contribution in [3.05, 3.63) is 81.3 Å². The van der Waals surface area contributed by atoms with Gasteiger partial charge < -0.3 is 9.80 Å². The summed E-state index contributed by atoms with van der Waals surface area (Å²) in [6, 6.07) is 18.0. The predicted octanol–water partition coefficient (Wildman–Crippen LogP) is 4.39. The Labute approximate surface area is 186 Å². The van der Waals surface area contributed by atoms with Gasteiger partial charge in [-0.05, 0) is 17.7 Å². The van der Waals surface area contributed by atoms with Crippen LogP contribution < -0.4 is 4.90 Å². The van der Waals surface area contributed by atoms with Crippen LogP contribution in [0.1, 0.15) is 21.1 Å². The molecule has 1 aliphatic heterocycles. The third-order valence-corrected chi connectivity index (χ3v) is 6.46. The number of carbonyl (C=O) groups is 1. The van der Waals surface area contributed by atoms with Gasteiger partial charge in [-0.25, -0.2) is 4.98 Å². The number of carbonyl (C=O) groups excluding carboxylic acids is 1. The van der Waals surface area contributed by atoms with Gasteiger partial charge in [0, 0.05) is 45.2 Å². The lowest BCUT2D eigenvalue weighted by molar-refractivity contribution is 0.0779. The highest BCUT2D eigenvalue weighted by molar-refractivity contribution is 7.09. The van der Waals surface area contributed by atoms with Crippen LogP contribution >= 0.6 is 22.9 Å². The fourth-order valence-corrected chi connectivity index (χ4v) is 4.72. The summed E-state index contributed by atoms with van der Waals surface area (Å²) >= 11 is 7.89. The van der Waals surface area contributed by atoms with Gasteiger partial charge in [0.15, 0.2) is 0 Å². The summed E-state index contributed by atoms with van der Waals surface area (Å²) in [5.41, 5.74) is 2.74. The zero-order chi connectivity index (χ0) is 20.9. The van der Waals surface area contributed by atoms with Gasteiger partial charge in [-0.2, -0.15) is 0 Å². The molecule has 1 aliphatic rings. The van der Waals surface area contributed by atoms with Crippen LogP contribution in [0.25, 0.3) is 0 Å². The molecule has 5 nitrogen and oxygen atoms in total. The smallest absolute Gasteiger partial charge is 0.273 e. The van der Waals surface area contributed by atoms with E-state index in [4.69, 9.17) is 11.6 Å². The molecule has 2 aromatic carbocycles. The average molecular weight is 441 g/mol. The van der Waals surface area contributed by atoms with Crippen molar-refractivity contribution in [1.82, 2.24) is 14.8 Å². The van der Waals surface area contributed by atoms with Crippen LogP contribution in [-0.2, 0) is 13.1 Å². The van der Waals surface area contributed by atoms with Crippen molar-refractivity contribution in [1.29, 1.82) is 0 Å². The van der Waals surface area contributed by atoms with Crippen molar-refractivity contribution >= 4 is 34.5 Å². The van der Waals surface area contributed by atoms with Gasteiger partial charge >= 0.3 is 0 Å². The van der Waals surface area contributed by atoms with Crippen molar-refractivity contribution in [3.63, 3.8) is 0 Å². The van der Waals surface area contributed by atoms with E-state index in [-0.39, 0.29) is 5.91 Å². The van der Waals surface area contributed by atoms with Crippen LogP contribution in [0, 0.1) is 0 Å². The third kappa shape index (κ3) is 5.01. The third-order valence-electron chi connectivity index (χ3n) is 5.30. The Hall–Kier alpha value is -2.41. The Morgan fingerprint density at radius 2 is 1.77 bits per heavy atom. The molecule has 3 aromatic rings. The van der Waals surface area contributed by atoms with Crippen molar-refractivity contribution in [3.8, 4) is 0 Å². The molecule has 1 saturated heterocycles. The SMILES string of the molecule is CN(Cc1ccccc1)C(=O)c1csc(CN2CCN(c3ccccc3Cl)CC2)n1. The van der Waals surface area contributed by atoms with E-state index in [1.807, 2.05) is 61.0 Å². The van der Waals surface area contributed by atoms with E-state index in [0.29, 0.717) is 12.2 Å². The average Bonchev–Trinajstić information content (AvgIpc) is 3.23. The molecule has 1 fully saturated rings. The standard InChI is InChI=1S/C23H25ClN4OS/c1-26(15-18-7-3-2-4-8-18)23(29)20-17-30-22(25-20)16-27-11-13-28(14-12-27)21-10-6-5-9-19(21)24/h2-10,17H,11-16H2,1H3. The summed E-state index contributed by atoms with van der Waals surface area (Å²) < 4.78 is 0. The summed E-state index contributed by atoms with van der Waals surface area (Å²) in [5.74, 6) is -0.0371. The minimum absolute atomic E-state index is 0.0371. The molecule has 4 rings (SSSR count). The van der Waals surface area contributed by atoms with Gasteiger partial charge in [-0.3, -0.25) is 9.69 Å². The van der Waals surface area contributed by atoms with Gasteiger partial charge in [0.1, 0.15) is 10.7 Å². The highest BCUT2D eigenvalue weighted by atomic mass is 35.5. The maximum Gasteiger partial charge on any atom is 0.273 e. The summed E-state index contributed by atoms with van der Waals surface area (Å²) in [4.78, 5) is 23.8. The van der Waals surface area contributed by atoms with Gasteiger partial charge in [0.25, 0.3) is 5.91 Å². The van der Waals surface area contributed by atoms with E-state index >= 15 is 0 Å². The summed E-state index contributed by atoms with van der Waals surface area (Å²) in [6.07, 6.45) is 0. The summed E-state index contributed by atoms with van der Waals surface area (Å²) in [7, 11) is 1.82. The van der Waals surface area contributed by atoms with Gasteiger partial charge in [-0.1, -0.05) is 54.1 Å². The van der Waals surface area contributed by atoms with Crippen molar-refractivity contribution in [2.75, 3.05) is 38.1 Å². The fourth-order valence-electron chi connectivity index (χ4n) is 3.65. The minimum atomic E-state index is -0.0371. The molecule has 0 N–H and O–H groups in total. The van der Waals surface area contributed by atoms with E-state index in [9.17, 15) is 4.79 Å². The molecule has 0 radical (unpaired) electrons. The molecule has 7 heteroatoms. The molecule has 0 unspecified atom stereocenters. The number of rotatable bonds is 6. The lowest BCUT2D eigenvalue weighted by atomic mass is 10.2. The number of aromatic nitrogens is 1. The van der Waals surface area contributed by atoms with Crippen molar-refractivity contribution < 1.29 is 4.79 Å². The van der Waals surface area contributed by atoms with Gasteiger partial charge in [0.05, 0.1) is 17.3 Å². The fraction of sp³-hybridized carbons (Fsp3) is 0.304. The van der Waals surface area contributed by atoms with E-state index < -0.39 is 0 Å². The van der Waals surface area contributed by atoms with Crippen LogP contribution in [0.4, 0.5) is 5.69 Å². The molecule has 2 heterocycles. The number of nitrogens with zero attached hydrogens (tertiary/aromatic N) is 4. The second kappa shape index (κ2) is 9.60. The van der Waals surface area contributed by atoms with E-state index in [2.05, 4.69) is 20.9 Å². The molecular weight excluding hydrogens is 416 g/mol. The van der Waals surface area contributed by atoms with E-state index in [1.165, 1.54) is 0 Å². The summed E-state index contributed by atoms with van der Waals surface area (Å²) in [5, 5.41) is 3.66. The number of amides is 1. The Morgan fingerprint density at radius 1 is 1.07 bits per heavy atom. The second-order valence-corrected chi connectivity index (χ2v) is 8.84. The number of para-hydroxylation sites is 1. The van der Waals surface area contributed by atoms with Crippen LogP contribution in [0.2, 0.25) is 5.02 Å². The lowest BCUT2D eigenvalue weighted by Gasteiger charge is -2.36. The monoisotopic (exact) mass is 440 g/mol. The molecule has 30 heavy (non-hydrogen) atoms. The number of benzene rings is 2. The normalized spacial score (nSPS) is 14.7. The Morgan fingerprint density at radius 3 is 2.50 bits per heavy atom. The second-order valence-electron chi connectivity index (χ2n) is 7.49. The summed E-state index contributed by atoms with van der Waals surface area (Å²) in [6.45, 7) is 5.11. The van der Waals surface area contributed by atoms with Crippen LogP contribution in [0.3, 0.4) is 0 Å². The molecule has 1 amide bonds. The predicted molar refractivity (Wildman–Crippen MR) is 123 cm³/mol. The van der Waals surface area contributed by atoms with Crippen LogP contribution in [0.5, 0.6) is 0 Å². The first-order chi connectivity index (χ1) is 14.6. The lowest BCUT2D eigenvalue weighted by Crippen LogP contribution is -2.46. The largest absolute Gasteiger partial charge is 0.368 e. The number of halogens is 1. The van der Waals surface area contributed by atoms with Gasteiger partial charge in [-0.15, -0.1) is 11.3 Å². The van der Waals surface area contributed by atoms with Gasteiger partial charge in [0.2, 0.25) is 0 Å². The Kier molecular flexibility index (Phi) is 6.67. The van der Waals surface area contributed by atoms with E-state index in [1.54, 1.807) is 16.2 Å². The maximum absolute atomic E-state index is 12.7. The van der Waals surface area contributed by atoms with Crippen LogP contribution in [0.15, 0.2) is 60.0 Å². The molecule has 0 spiro atoms. The number of piperazine rings is 1. The Balaban J connectivity index is 1.30. The number of hydrogen-bond acceptors (Lipinski definition) is 5. The number of thiazole rings is 1. The highest BCUT2D eigenvalue weighted by Crippen LogP contribution is 2.26. The first kappa shape index (κ1) is 20.8. The van der Waals surface area contributed by atoms with Crippen molar-refractivity contribution in [2.45, 2.75) is 13.1 Å². The molecule has 1 aromatic heterocycles. The van der Waals surface area contributed by atoms with Crippen LogP contribution in [-0.4, -0.2) is 53.9 Å². The minimum Gasteiger partial charge on any atom is -0.368 e. The maximum atomic E-state index is 12.7. The van der Waals surface area contributed by atoms with Crippen molar-refractivity contribution in [2.24, 2.45) is 0 Å². The quantitative estimate of drug-likeness (QED) is 0.569. The Bertz CT molecular complexity index is 986. The molecule has 0 saturated carbocycles. The zero-order valence-corrected chi connectivity index (χ0v) is 18.6. The molecular formula is C23H25ClN4OS. The molecule has 0 atom stereocenters. The number of anilines is 1. The highest BCUT2D eigenvalue weighted by Gasteiger charge is 2.21. The topological polar surface area (TPSA) is 39.7 Å². The first-order valence-corrected chi connectivity index (χ1v) is 11.3. The molecule has 0 aliphatic carbocycles. The molecule has 0 bridgehead atoms.